The van der Waals surface area contributed by atoms with Gasteiger partial charge in [-0.15, -0.1) is 0 Å². The van der Waals surface area contributed by atoms with Crippen LogP contribution in [0.4, 0.5) is 0 Å². The molecule has 2 rings (SSSR count). The van der Waals surface area contributed by atoms with E-state index in [1.54, 1.807) is 0 Å². The highest BCUT2D eigenvalue weighted by molar-refractivity contribution is 5.13. The Balaban J connectivity index is 1.95. The topological polar surface area (TPSA) is 87.5 Å². The van der Waals surface area contributed by atoms with Crippen LogP contribution in [-0.2, 0) is 16.1 Å². The van der Waals surface area contributed by atoms with Crippen molar-refractivity contribution in [3.8, 4) is 0 Å². The van der Waals surface area contributed by atoms with Crippen LogP contribution >= 0.6 is 0 Å². The maximum Gasteiger partial charge on any atom is 0.0871 e. The number of aliphatic hydroxyl groups excluding tert-OH is 1. The van der Waals surface area contributed by atoms with E-state index in [-0.39, 0.29) is 31.5 Å². The van der Waals surface area contributed by atoms with Crippen LogP contribution in [0.5, 0.6) is 0 Å². The monoisotopic (exact) mass is 263 g/mol. The number of hydrogen-bond donors (Lipinski definition) is 1. The zero-order chi connectivity index (χ0) is 13.5. The third-order valence-corrected chi connectivity index (χ3v) is 3.14. The molecule has 0 amide bonds. The van der Waals surface area contributed by atoms with E-state index < -0.39 is 0 Å². The van der Waals surface area contributed by atoms with Crippen LogP contribution in [0.15, 0.2) is 35.4 Å². The zero-order valence-electron chi connectivity index (χ0n) is 10.6. The standard InChI is InChI=1S/C13H17N3O3/c14-16-15-12-9-18-11(7-17)6-13(12)19-8-10-4-2-1-3-5-10/h1-5,11-13,17H,6-9H2/t11?,12?,13-/m0/s1. The molecule has 0 aromatic heterocycles. The number of aliphatic hydroxyl groups is 1. The Morgan fingerprint density at radius 2 is 2.21 bits per heavy atom. The average Bonchev–Trinajstić information content (AvgIpc) is 2.47. The Morgan fingerprint density at radius 1 is 1.42 bits per heavy atom. The quantitative estimate of drug-likeness (QED) is 0.501. The summed E-state index contributed by atoms with van der Waals surface area (Å²) >= 11 is 0. The third kappa shape index (κ3) is 3.94. The van der Waals surface area contributed by atoms with Crippen molar-refractivity contribution < 1.29 is 14.6 Å². The van der Waals surface area contributed by atoms with Gasteiger partial charge >= 0.3 is 0 Å². The van der Waals surface area contributed by atoms with E-state index in [0.29, 0.717) is 13.0 Å². The Labute approximate surface area is 111 Å². The SMILES string of the molecule is [N-]=[N+]=NC1COC(CO)C[C@@H]1OCc1ccccc1. The molecule has 6 nitrogen and oxygen atoms in total. The summed E-state index contributed by atoms with van der Waals surface area (Å²) in [6.07, 6.45) is 0.0699. The second-order valence-corrected chi connectivity index (χ2v) is 4.48. The first-order valence-electron chi connectivity index (χ1n) is 6.25. The highest BCUT2D eigenvalue weighted by Crippen LogP contribution is 2.21. The predicted molar refractivity (Wildman–Crippen MR) is 69.4 cm³/mol. The average molecular weight is 263 g/mol. The Bertz CT molecular complexity index is 434. The summed E-state index contributed by atoms with van der Waals surface area (Å²) in [6, 6.07) is 9.46. The molecule has 102 valence electrons. The Kier molecular flexibility index (Phi) is 5.18. The van der Waals surface area contributed by atoms with Crippen LogP contribution < -0.4 is 0 Å². The van der Waals surface area contributed by atoms with Gasteiger partial charge in [-0.3, -0.25) is 0 Å². The van der Waals surface area contributed by atoms with Gasteiger partial charge in [-0.05, 0) is 11.1 Å². The minimum absolute atomic E-state index is 0.0474. The summed E-state index contributed by atoms with van der Waals surface area (Å²) in [4.78, 5) is 2.82. The summed E-state index contributed by atoms with van der Waals surface area (Å²) in [5.74, 6) is 0. The third-order valence-electron chi connectivity index (χ3n) is 3.14. The number of azide groups is 1. The molecule has 1 fully saturated rings. The lowest BCUT2D eigenvalue weighted by Crippen LogP contribution is -2.42. The lowest BCUT2D eigenvalue weighted by Gasteiger charge is -2.33. The molecule has 1 aromatic rings. The summed E-state index contributed by atoms with van der Waals surface area (Å²) in [7, 11) is 0. The van der Waals surface area contributed by atoms with Gasteiger partial charge in [0, 0.05) is 11.3 Å². The highest BCUT2D eigenvalue weighted by atomic mass is 16.5. The molecule has 6 heteroatoms. The maximum absolute atomic E-state index is 9.13. The van der Waals surface area contributed by atoms with Gasteiger partial charge in [0.15, 0.2) is 0 Å². The van der Waals surface area contributed by atoms with Gasteiger partial charge in [0.1, 0.15) is 0 Å². The van der Waals surface area contributed by atoms with Gasteiger partial charge in [-0.2, -0.15) is 0 Å². The van der Waals surface area contributed by atoms with Crippen LogP contribution in [0.3, 0.4) is 0 Å². The molecule has 19 heavy (non-hydrogen) atoms. The first kappa shape index (κ1) is 13.8. The number of ether oxygens (including phenoxy) is 2. The molecule has 0 aliphatic carbocycles. The molecule has 0 saturated carbocycles. The maximum atomic E-state index is 9.13. The molecule has 1 aliphatic rings. The minimum Gasteiger partial charge on any atom is -0.394 e. The van der Waals surface area contributed by atoms with E-state index in [0.717, 1.165) is 5.56 Å². The molecule has 0 bridgehead atoms. The van der Waals surface area contributed by atoms with Crippen molar-refractivity contribution in [3.05, 3.63) is 46.3 Å². The second kappa shape index (κ2) is 7.11. The van der Waals surface area contributed by atoms with Crippen molar-refractivity contribution in [1.29, 1.82) is 0 Å². The smallest absolute Gasteiger partial charge is 0.0871 e. The van der Waals surface area contributed by atoms with E-state index in [4.69, 9.17) is 20.1 Å². The predicted octanol–water partition coefficient (Wildman–Crippen LogP) is 2.03. The van der Waals surface area contributed by atoms with Gasteiger partial charge < -0.3 is 14.6 Å². The van der Waals surface area contributed by atoms with E-state index in [1.807, 2.05) is 30.3 Å². The van der Waals surface area contributed by atoms with Crippen molar-refractivity contribution in [2.24, 2.45) is 5.11 Å². The summed E-state index contributed by atoms with van der Waals surface area (Å²) in [6.45, 7) is 0.698. The fraction of sp³-hybridized carbons (Fsp3) is 0.538. The van der Waals surface area contributed by atoms with Crippen LogP contribution in [0.1, 0.15) is 12.0 Å². The van der Waals surface area contributed by atoms with E-state index in [2.05, 4.69) is 10.0 Å². The van der Waals surface area contributed by atoms with Crippen molar-refractivity contribution in [3.63, 3.8) is 0 Å². The van der Waals surface area contributed by atoms with E-state index in [1.165, 1.54) is 0 Å². The molecule has 3 atom stereocenters. The first-order valence-corrected chi connectivity index (χ1v) is 6.25. The first-order chi connectivity index (χ1) is 9.33. The fourth-order valence-corrected chi connectivity index (χ4v) is 2.08. The van der Waals surface area contributed by atoms with Crippen LogP contribution in [0, 0.1) is 0 Å². The molecule has 1 N–H and O–H groups in total. The molecular formula is C13H17N3O3. The molecule has 1 aliphatic heterocycles. The van der Waals surface area contributed by atoms with Crippen molar-refractivity contribution in [2.45, 2.75) is 31.3 Å². The van der Waals surface area contributed by atoms with Crippen LogP contribution in [0.2, 0.25) is 0 Å². The van der Waals surface area contributed by atoms with Gasteiger partial charge in [-0.25, -0.2) is 0 Å². The lowest BCUT2D eigenvalue weighted by molar-refractivity contribution is -0.103. The van der Waals surface area contributed by atoms with Gasteiger partial charge in [-0.1, -0.05) is 35.4 Å². The van der Waals surface area contributed by atoms with Gasteiger partial charge in [0.2, 0.25) is 0 Å². The largest absolute Gasteiger partial charge is 0.394 e. The summed E-state index contributed by atoms with van der Waals surface area (Å²) < 4.78 is 11.2. The van der Waals surface area contributed by atoms with Crippen LogP contribution in [0.25, 0.3) is 10.4 Å². The minimum atomic E-state index is -0.337. The normalized spacial score (nSPS) is 26.7. The second-order valence-electron chi connectivity index (χ2n) is 4.48. The Morgan fingerprint density at radius 3 is 2.89 bits per heavy atom. The molecule has 1 saturated heterocycles. The van der Waals surface area contributed by atoms with E-state index in [9.17, 15) is 0 Å². The lowest BCUT2D eigenvalue weighted by atomic mass is 10.0. The van der Waals surface area contributed by atoms with Crippen molar-refractivity contribution >= 4 is 0 Å². The molecule has 0 spiro atoms. The number of nitrogens with zero attached hydrogens (tertiary/aromatic N) is 3. The molecule has 1 aromatic carbocycles. The van der Waals surface area contributed by atoms with Crippen molar-refractivity contribution in [1.82, 2.24) is 0 Å². The Hall–Kier alpha value is -1.59. The van der Waals surface area contributed by atoms with Crippen LogP contribution in [-0.4, -0.2) is 36.6 Å². The number of rotatable bonds is 5. The summed E-state index contributed by atoms with van der Waals surface area (Å²) in [5.41, 5.74) is 9.61. The molecule has 1 heterocycles. The van der Waals surface area contributed by atoms with Gasteiger partial charge in [0.25, 0.3) is 0 Å². The highest BCUT2D eigenvalue weighted by Gasteiger charge is 2.31. The molecular weight excluding hydrogens is 246 g/mol. The number of hydrogen-bond acceptors (Lipinski definition) is 4. The fourth-order valence-electron chi connectivity index (χ4n) is 2.08. The summed E-state index contributed by atoms with van der Waals surface area (Å²) in [5, 5.41) is 12.8. The molecule has 0 radical (unpaired) electrons. The number of benzene rings is 1. The van der Waals surface area contributed by atoms with E-state index >= 15 is 0 Å². The van der Waals surface area contributed by atoms with Gasteiger partial charge in [0.05, 0.1) is 38.1 Å². The van der Waals surface area contributed by atoms with Crippen molar-refractivity contribution in [2.75, 3.05) is 13.2 Å². The molecule has 2 unspecified atom stereocenters. The zero-order valence-corrected chi connectivity index (χ0v) is 10.6.